The van der Waals surface area contributed by atoms with Gasteiger partial charge in [-0.25, -0.2) is 9.97 Å². The normalized spacial score (nSPS) is 11.3. The second-order valence-electron chi connectivity index (χ2n) is 13.8. The lowest BCUT2D eigenvalue weighted by Crippen LogP contribution is -1.97. The van der Waals surface area contributed by atoms with Crippen LogP contribution >= 0.6 is 0 Å². The minimum Gasteiger partial charge on any atom is -0.455 e. The molecule has 3 nitrogen and oxygen atoms in total. The monoisotopic (exact) mass is 702 g/mol. The Hall–Kier alpha value is -7.36. The fourth-order valence-electron chi connectivity index (χ4n) is 7.53. The van der Waals surface area contributed by atoms with Gasteiger partial charge in [0, 0.05) is 33.0 Å². The standard InChI is InChI=1S/C52H34N2O/c1-4-15-35(16-5-1)38-21-12-22-39(29-38)40-23-13-24-41(30-40)48-34-49(54-52(53-48)37-19-8-3-9-20-37)44-32-42(36-17-6-2-7-18-36)31-43(33-44)45-26-14-27-47-46-25-10-11-28-50(46)55-51(45)47/h1-34H. The smallest absolute Gasteiger partial charge is 0.160 e. The number of nitrogens with zero attached hydrogens (tertiary/aromatic N) is 2. The fourth-order valence-corrected chi connectivity index (χ4v) is 7.53. The molecule has 10 rings (SSSR count). The second-order valence-corrected chi connectivity index (χ2v) is 13.8. The Morgan fingerprint density at radius 3 is 1.45 bits per heavy atom. The molecule has 258 valence electrons. The number of aromatic nitrogens is 2. The van der Waals surface area contributed by atoms with Crippen LogP contribution in [0.25, 0.3) is 100 Å². The molecule has 0 atom stereocenters. The van der Waals surface area contributed by atoms with Crippen molar-refractivity contribution in [3.63, 3.8) is 0 Å². The molecule has 3 heteroatoms. The Kier molecular flexibility index (Phi) is 8.16. The van der Waals surface area contributed by atoms with E-state index in [1.54, 1.807) is 0 Å². The van der Waals surface area contributed by atoms with E-state index in [9.17, 15) is 0 Å². The Balaban J connectivity index is 1.15. The lowest BCUT2D eigenvalue weighted by Gasteiger charge is -2.14. The molecular weight excluding hydrogens is 669 g/mol. The average Bonchev–Trinajstić information content (AvgIpc) is 3.66. The van der Waals surface area contributed by atoms with Crippen LogP contribution in [0.15, 0.2) is 211 Å². The van der Waals surface area contributed by atoms with Crippen molar-refractivity contribution in [1.82, 2.24) is 9.97 Å². The average molecular weight is 703 g/mol. The Labute approximate surface area is 319 Å². The fraction of sp³-hybridized carbons (Fsp3) is 0. The molecule has 55 heavy (non-hydrogen) atoms. The second kappa shape index (κ2) is 13.9. The molecule has 0 fully saturated rings. The third kappa shape index (κ3) is 6.28. The van der Waals surface area contributed by atoms with E-state index in [4.69, 9.17) is 14.4 Å². The summed E-state index contributed by atoms with van der Waals surface area (Å²) in [7, 11) is 0. The molecule has 0 N–H and O–H groups in total. The quantitative estimate of drug-likeness (QED) is 0.166. The van der Waals surface area contributed by atoms with Crippen molar-refractivity contribution in [3.8, 4) is 78.4 Å². The summed E-state index contributed by atoms with van der Waals surface area (Å²) >= 11 is 0. The van der Waals surface area contributed by atoms with Crippen molar-refractivity contribution in [2.24, 2.45) is 0 Å². The number of fused-ring (bicyclic) bond motifs is 3. The topological polar surface area (TPSA) is 38.9 Å². The molecule has 0 spiro atoms. The minimum absolute atomic E-state index is 0.677. The summed E-state index contributed by atoms with van der Waals surface area (Å²) in [6.07, 6.45) is 0. The highest BCUT2D eigenvalue weighted by Gasteiger charge is 2.17. The van der Waals surface area contributed by atoms with Gasteiger partial charge in [0.05, 0.1) is 11.4 Å². The van der Waals surface area contributed by atoms with Crippen molar-refractivity contribution in [2.75, 3.05) is 0 Å². The summed E-state index contributed by atoms with van der Waals surface area (Å²) in [5.74, 6) is 0.677. The number of hydrogen-bond acceptors (Lipinski definition) is 3. The Bertz CT molecular complexity index is 2970. The first-order valence-corrected chi connectivity index (χ1v) is 18.6. The minimum atomic E-state index is 0.677. The number of para-hydroxylation sites is 2. The summed E-state index contributed by atoms with van der Waals surface area (Å²) in [6, 6.07) is 72.2. The summed E-state index contributed by atoms with van der Waals surface area (Å²) < 4.78 is 6.54. The third-order valence-electron chi connectivity index (χ3n) is 10.3. The molecule has 0 amide bonds. The Morgan fingerprint density at radius 2 is 0.745 bits per heavy atom. The van der Waals surface area contributed by atoms with E-state index in [0.29, 0.717) is 5.82 Å². The molecule has 10 aromatic rings. The maximum absolute atomic E-state index is 6.54. The molecule has 2 aromatic heterocycles. The summed E-state index contributed by atoms with van der Waals surface area (Å²) in [5, 5.41) is 2.21. The van der Waals surface area contributed by atoms with E-state index >= 15 is 0 Å². The van der Waals surface area contributed by atoms with E-state index in [2.05, 4.69) is 176 Å². The van der Waals surface area contributed by atoms with Gasteiger partial charge in [-0.3, -0.25) is 0 Å². The summed E-state index contributed by atoms with van der Waals surface area (Å²) in [6.45, 7) is 0. The van der Waals surface area contributed by atoms with Crippen LogP contribution in [0.5, 0.6) is 0 Å². The van der Waals surface area contributed by atoms with Crippen LogP contribution in [0.1, 0.15) is 0 Å². The van der Waals surface area contributed by atoms with E-state index in [1.165, 1.54) is 11.1 Å². The van der Waals surface area contributed by atoms with E-state index in [-0.39, 0.29) is 0 Å². The summed E-state index contributed by atoms with van der Waals surface area (Å²) in [4.78, 5) is 10.5. The maximum Gasteiger partial charge on any atom is 0.160 e. The first-order valence-electron chi connectivity index (χ1n) is 18.6. The lowest BCUT2D eigenvalue weighted by atomic mass is 9.93. The van der Waals surface area contributed by atoms with Gasteiger partial charge in [0.2, 0.25) is 0 Å². The van der Waals surface area contributed by atoms with E-state index in [1.807, 2.05) is 30.3 Å². The van der Waals surface area contributed by atoms with Gasteiger partial charge in [-0.05, 0) is 81.4 Å². The molecule has 0 bridgehead atoms. The highest BCUT2D eigenvalue weighted by atomic mass is 16.3. The molecule has 8 aromatic carbocycles. The first-order chi connectivity index (χ1) is 27.2. The van der Waals surface area contributed by atoms with Crippen LogP contribution in [0.4, 0.5) is 0 Å². The predicted molar refractivity (Wildman–Crippen MR) is 227 cm³/mol. The van der Waals surface area contributed by atoms with Crippen LogP contribution in [0.2, 0.25) is 0 Å². The van der Waals surface area contributed by atoms with Gasteiger partial charge in [0.25, 0.3) is 0 Å². The van der Waals surface area contributed by atoms with Crippen LogP contribution < -0.4 is 0 Å². The van der Waals surface area contributed by atoms with Gasteiger partial charge in [0.1, 0.15) is 11.2 Å². The van der Waals surface area contributed by atoms with Crippen LogP contribution in [0.3, 0.4) is 0 Å². The molecule has 0 saturated carbocycles. The molecule has 0 aliphatic heterocycles. The van der Waals surface area contributed by atoms with Gasteiger partial charge < -0.3 is 4.42 Å². The number of furan rings is 1. The molecule has 2 heterocycles. The zero-order valence-electron chi connectivity index (χ0n) is 29.9. The third-order valence-corrected chi connectivity index (χ3v) is 10.3. The van der Waals surface area contributed by atoms with Crippen molar-refractivity contribution < 1.29 is 4.42 Å². The highest BCUT2D eigenvalue weighted by Crippen LogP contribution is 2.40. The summed E-state index contributed by atoms with van der Waals surface area (Å²) in [5.41, 5.74) is 15.4. The first kappa shape index (κ1) is 32.3. The van der Waals surface area contributed by atoms with Gasteiger partial charge >= 0.3 is 0 Å². The van der Waals surface area contributed by atoms with Gasteiger partial charge in [-0.1, -0.05) is 164 Å². The van der Waals surface area contributed by atoms with Crippen LogP contribution in [-0.2, 0) is 0 Å². The van der Waals surface area contributed by atoms with Crippen LogP contribution in [-0.4, -0.2) is 9.97 Å². The predicted octanol–water partition coefficient (Wildman–Crippen LogP) is 14.0. The van der Waals surface area contributed by atoms with Crippen LogP contribution in [0, 0.1) is 0 Å². The number of rotatable bonds is 7. The zero-order chi connectivity index (χ0) is 36.6. The van der Waals surface area contributed by atoms with Crippen molar-refractivity contribution in [2.45, 2.75) is 0 Å². The van der Waals surface area contributed by atoms with Gasteiger partial charge in [-0.2, -0.15) is 0 Å². The van der Waals surface area contributed by atoms with Crippen molar-refractivity contribution >= 4 is 21.9 Å². The molecule has 0 radical (unpaired) electrons. The number of hydrogen-bond donors (Lipinski definition) is 0. The molecular formula is C52H34N2O. The largest absolute Gasteiger partial charge is 0.455 e. The molecule has 0 aliphatic rings. The van der Waals surface area contributed by atoms with Crippen molar-refractivity contribution in [3.05, 3.63) is 206 Å². The molecule has 0 saturated heterocycles. The Morgan fingerprint density at radius 1 is 0.291 bits per heavy atom. The molecule has 0 aliphatic carbocycles. The maximum atomic E-state index is 6.54. The van der Waals surface area contributed by atoms with Gasteiger partial charge in [-0.15, -0.1) is 0 Å². The number of benzene rings is 8. The lowest BCUT2D eigenvalue weighted by molar-refractivity contribution is 0.670. The van der Waals surface area contributed by atoms with E-state index < -0.39 is 0 Å². The van der Waals surface area contributed by atoms with Gasteiger partial charge in [0.15, 0.2) is 5.82 Å². The molecule has 0 unspecified atom stereocenters. The zero-order valence-corrected chi connectivity index (χ0v) is 29.9. The van der Waals surface area contributed by atoms with Crippen molar-refractivity contribution in [1.29, 1.82) is 0 Å². The van der Waals surface area contributed by atoms with E-state index in [0.717, 1.165) is 83.4 Å². The highest BCUT2D eigenvalue weighted by molar-refractivity contribution is 6.09. The SMILES string of the molecule is c1ccc(-c2cccc(-c3cccc(-c4cc(-c5cc(-c6ccccc6)cc(-c6cccc7c6oc6ccccc67)c5)nc(-c5ccccc5)n4)c3)c2)cc1.